The average Bonchev–Trinajstić information content (AvgIpc) is 2.25. The van der Waals surface area contributed by atoms with Gasteiger partial charge in [0, 0.05) is 25.2 Å². The van der Waals surface area contributed by atoms with E-state index < -0.39 is 0 Å². The molecule has 0 amide bonds. The predicted molar refractivity (Wildman–Crippen MR) is 64.8 cm³/mol. The zero-order valence-electron chi connectivity index (χ0n) is 10.2. The summed E-state index contributed by atoms with van der Waals surface area (Å²) in [4.78, 5) is 6.28. The summed E-state index contributed by atoms with van der Waals surface area (Å²) in [6.07, 6.45) is 1.25. The Bertz CT molecular complexity index is 339. The van der Waals surface area contributed by atoms with E-state index in [4.69, 9.17) is 5.73 Å². The second-order valence-electron chi connectivity index (χ2n) is 4.27. The molecule has 1 aromatic heterocycles. The van der Waals surface area contributed by atoms with E-state index in [-0.39, 0.29) is 5.82 Å². The molecular weight excluding hydrogens is 205 g/mol. The lowest BCUT2D eigenvalue weighted by Gasteiger charge is -2.25. The molecule has 1 aromatic rings. The third-order valence-corrected chi connectivity index (χ3v) is 2.40. The first-order valence-corrected chi connectivity index (χ1v) is 5.67. The van der Waals surface area contributed by atoms with E-state index >= 15 is 0 Å². The topological polar surface area (TPSA) is 42.2 Å². The Morgan fingerprint density at radius 3 is 2.69 bits per heavy atom. The van der Waals surface area contributed by atoms with Crippen LogP contribution in [0.5, 0.6) is 0 Å². The quantitative estimate of drug-likeness (QED) is 0.835. The Hall–Kier alpha value is -1.16. The minimum Gasteiger partial charge on any atom is -0.356 e. The Balaban J connectivity index is 2.99. The summed E-state index contributed by atoms with van der Waals surface area (Å²) in [5.41, 5.74) is 6.38. The lowest BCUT2D eigenvalue weighted by atomic mass is 10.2. The van der Waals surface area contributed by atoms with Crippen LogP contribution in [0.15, 0.2) is 12.3 Å². The molecule has 1 rings (SSSR count). The monoisotopic (exact) mass is 225 g/mol. The fraction of sp³-hybridized carbons (Fsp3) is 0.583. The zero-order valence-corrected chi connectivity index (χ0v) is 10.2. The standard InChI is InChI=1S/C12H20FN3/c1-4-16(8-9(2)3)12-10(6-14)5-11(13)7-15-12/h5,7,9H,4,6,8,14H2,1-3H3. The molecule has 0 saturated carbocycles. The first-order chi connectivity index (χ1) is 7.58. The van der Waals surface area contributed by atoms with E-state index in [1.165, 1.54) is 12.3 Å². The zero-order chi connectivity index (χ0) is 12.1. The Labute approximate surface area is 96.5 Å². The van der Waals surface area contributed by atoms with E-state index in [2.05, 4.69) is 30.7 Å². The molecule has 0 bridgehead atoms. The molecule has 1 heterocycles. The van der Waals surface area contributed by atoms with Crippen molar-refractivity contribution in [2.75, 3.05) is 18.0 Å². The number of anilines is 1. The molecule has 4 heteroatoms. The van der Waals surface area contributed by atoms with Gasteiger partial charge in [-0.3, -0.25) is 0 Å². The molecule has 0 saturated heterocycles. The third kappa shape index (κ3) is 3.17. The SMILES string of the molecule is CCN(CC(C)C)c1ncc(F)cc1CN. The first kappa shape index (κ1) is 12.9. The number of hydrogen-bond acceptors (Lipinski definition) is 3. The van der Waals surface area contributed by atoms with Gasteiger partial charge in [-0.05, 0) is 18.9 Å². The van der Waals surface area contributed by atoms with Crippen molar-refractivity contribution < 1.29 is 4.39 Å². The predicted octanol–water partition coefficient (Wildman–Crippen LogP) is 2.16. The number of rotatable bonds is 5. The van der Waals surface area contributed by atoms with Gasteiger partial charge in [-0.2, -0.15) is 0 Å². The molecule has 3 nitrogen and oxygen atoms in total. The van der Waals surface area contributed by atoms with Crippen LogP contribution in [0.25, 0.3) is 0 Å². The molecule has 90 valence electrons. The van der Waals surface area contributed by atoms with Gasteiger partial charge in [-0.15, -0.1) is 0 Å². The fourth-order valence-corrected chi connectivity index (χ4v) is 1.72. The highest BCUT2D eigenvalue weighted by Gasteiger charge is 2.12. The molecule has 0 atom stereocenters. The van der Waals surface area contributed by atoms with E-state index in [1.807, 2.05) is 0 Å². The number of pyridine rings is 1. The van der Waals surface area contributed by atoms with Crippen molar-refractivity contribution >= 4 is 5.82 Å². The van der Waals surface area contributed by atoms with Gasteiger partial charge in [0.15, 0.2) is 0 Å². The Morgan fingerprint density at radius 2 is 2.19 bits per heavy atom. The van der Waals surface area contributed by atoms with Crippen LogP contribution in [0, 0.1) is 11.7 Å². The van der Waals surface area contributed by atoms with Gasteiger partial charge < -0.3 is 10.6 Å². The third-order valence-electron chi connectivity index (χ3n) is 2.40. The highest BCUT2D eigenvalue weighted by atomic mass is 19.1. The van der Waals surface area contributed by atoms with E-state index in [0.29, 0.717) is 12.5 Å². The van der Waals surface area contributed by atoms with Crippen molar-refractivity contribution in [3.63, 3.8) is 0 Å². The molecule has 0 unspecified atom stereocenters. The maximum atomic E-state index is 13.0. The second kappa shape index (κ2) is 5.80. The second-order valence-corrected chi connectivity index (χ2v) is 4.27. The largest absolute Gasteiger partial charge is 0.356 e. The van der Waals surface area contributed by atoms with Crippen LogP contribution >= 0.6 is 0 Å². The van der Waals surface area contributed by atoms with Crippen molar-refractivity contribution in [1.29, 1.82) is 0 Å². The van der Waals surface area contributed by atoms with Crippen LogP contribution in [0.2, 0.25) is 0 Å². The number of hydrogen-bond donors (Lipinski definition) is 1. The van der Waals surface area contributed by atoms with Crippen LogP contribution in [0.4, 0.5) is 10.2 Å². The molecule has 2 N–H and O–H groups in total. The molecule has 0 aliphatic rings. The molecule has 0 aliphatic carbocycles. The molecule has 0 spiro atoms. The normalized spacial score (nSPS) is 10.9. The van der Waals surface area contributed by atoms with Crippen LogP contribution in [-0.4, -0.2) is 18.1 Å². The summed E-state index contributed by atoms with van der Waals surface area (Å²) in [5, 5.41) is 0. The van der Waals surface area contributed by atoms with Crippen LogP contribution in [0.3, 0.4) is 0 Å². The van der Waals surface area contributed by atoms with Crippen molar-refractivity contribution in [2.24, 2.45) is 11.7 Å². The van der Waals surface area contributed by atoms with Gasteiger partial charge in [-0.1, -0.05) is 13.8 Å². The Morgan fingerprint density at radius 1 is 1.50 bits per heavy atom. The van der Waals surface area contributed by atoms with Gasteiger partial charge in [0.2, 0.25) is 0 Å². The number of nitrogens with zero attached hydrogens (tertiary/aromatic N) is 2. The van der Waals surface area contributed by atoms with Crippen LogP contribution < -0.4 is 10.6 Å². The van der Waals surface area contributed by atoms with Gasteiger partial charge in [-0.25, -0.2) is 9.37 Å². The smallest absolute Gasteiger partial charge is 0.141 e. The van der Waals surface area contributed by atoms with Gasteiger partial charge in [0.25, 0.3) is 0 Å². The van der Waals surface area contributed by atoms with Gasteiger partial charge in [0.05, 0.1) is 6.20 Å². The van der Waals surface area contributed by atoms with Crippen LogP contribution in [-0.2, 0) is 6.54 Å². The minimum absolute atomic E-state index is 0.314. The van der Waals surface area contributed by atoms with Gasteiger partial charge in [0.1, 0.15) is 11.6 Å². The summed E-state index contributed by atoms with van der Waals surface area (Å²) in [5.74, 6) is 1.02. The molecular formula is C12H20FN3. The molecule has 0 aliphatic heterocycles. The average molecular weight is 225 g/mol. The fourth-order valence-electron chi connectivity index (χ4n) is 1.72. The van der Waals surface area contributed by atoms with E-state index in [0.717, 1.165) is 24.5 Å². The summed E-state index contributed by atoms with van der Waals surface area (Å²) in [6.45, 7) is 8.43. The van der Waals surface area contributed by atoms with Crippen molar-refractivity contribution in [3.8, 4) is 0 Å². The molecule has 0 radical (unpaired) electrons. The molecule has 0 fully saturated rings. The Kier molecular flexibility index (Phi) is 4.68. The van der Waals surface area contributed by atoms with Crippen molar-refractivity contribution in [1.82, 2.24) is 4.98 Å². The highest BCUT2D eigenvalue weighted by Crippen LogP contribution is 2.19. The lowest BCUT2D eigenvalue weighted by Crippen LogP contribution is -2.29. The van der Waals surface area contributed by atoms with Gasteiger partial charge >= 0.3 is 0 Å². The molecule has 0 aromatic carbocycles. The molecule has 16 heavy (non-hydrogen) atoms. The van der Waals surface area contributed by atoms with E-state index in [1.54, 1.807) is 0 Å². The summed E-state index contributed by atoms with van der Waals surface area (Å²) in [7, 11) is 0. The van der Waals surface area contributed by atoms with Crippen molar-refractivity contribution in [3.05, 3.63) is 23.6 Å². The number of aromatic nitrogens is 1. The maximum absolute atomic E-state index is 13.0. The first-order valence-electron chi connectivity index (χ1n) is 5.67. The van der Waals surface area contributed by atoms with E-state index in [9.17, 15) is 4.39 Å². The number of halogens is 1. The lowest BCUT2D eigenvalue weighted by molar-refractivity contribution is 0.600. The summed E-state index contributed by atoms with van der Waals surface area (Å²) in [6, 6.07) is 1.46. The van der Waals surface area contributed by atoms with Crippen molar-refractivity contribution in [2.45, 2.75) is 27.3 Å². The summed E-state index contributed by atoms with van der Waals surface area (Å²) < 4.78 is 13.0. The summed E-state index contributed by atoms with van der Waals surface area (Å²) >= 11 is 0. The number of nitrogens with two attached hydrogens (primary N) is 1. The highest BCUT2D eigenvalue weighted by molar-refractivity contribution is 5.46. The van der Waals surface area contributed by atoms with Crippen LogP contribution in [0.1, 0.15) is 26.3 Å². The minimum atomic E-state index is -0.329. The maximum Gasteiger partial charge on any atom is 0.141 e.